The van der Waals surface area contributed by atoms with E-state index in [0.717, 1.165) is 6.42 Å². The summed E-state index contributed by atoms with van der Waals surface area (Å²) >= 11 is 1.58. The summed E-state index contributed by atoms with van der Waals surface area (Å²) in [7, 11) is -1.61. The van der Waals surface area contributed by atoms with Crippen LogP contribution in [0.15, 0.2) is 18.2 Å². The minimum atomic E-state index is -1.61. The standard InChI is InChI=1S/C5H5.C4H10N.C3H10OSi.C2H6O.CH3.2ClH.H2Si.Zr/c1-2-4-5-3-1;1-4(2,3)5;1-5(2,3)4;1-2-3;;;;;/h1-3H,4H2;5H,1-3H3;4H,1-3H3;3H,2H2,1H3;1H3;2*1H;1H2;/q2*-1;;;-1;;;;. The number of aliphatic hydroxyl groups is 1. The van der Waals surface area contributed by atoms with Crippen LogP contribution in [0, 0.1) is 13.5 Å². The molecule has 0 saturated heterocycles. The van der Waals surface area contributed by atoms with E-state index in [1.54, 1.807) is 30.3 Å². The summed E-state index contributed by atoms with van der Waals surface area (Å²) in [4.78, 5) is 8.66. The Morgan fingerprint density at radius 1 is 1.22 bits per heavy atom. The Morgan fingerprint density at radius 3 is 1.48 bits per heavy atom. The second-order valence-corrected chi connectivity index (χ2v) is 10.1. The minimum absolute atomic E-state index is 0. The van der Waals surface area contributed by atoms with E-state index in [1.165, 1.54) is 0 Å². The predicted molar refractivity (Wildman–Crippen MR) is 113 cm³/mol. The average molecular weight is 483 g/mol. The second kappa shape index (κ2) is 31.1. The molecular formula is C15H38Cl2NO2Si2Zr-3. The fourth-order valence-corrected chi connectivity index (χ4v) is 0.340. The Morgan fingerprint density at radius 2 is 1.43 bits per heavy atom. The molecule has 0 saturated carbocycles. The quantitative estimate of drug-likeness (QED) is 0.399. The zero-order valence-corrected chi connectivity index (χ0v) is 22.6. The molecule has 0 amide bonds. The number of hydrogen-bond donors (Lipinski definition) is 2. The van der Waals surface area contributed by atoms with Crippen molar-refractivity contribution in [2.24, 2.45) is 0 Å². The number of halogens is 2. The van der Waals surface area contributed by atoms with Crippen LogP contribution in [0.25, 0.3) is 5.73 Å². The molecule has 0 fully saturated rings. The number of allylic oxidation sites excluding steroid dienone is 4. The van der Waals surface area contributed by atoms with Crippen molar-refractivity contribution in [3.8, 4) is 0 Å². The van der Waals surface area contributed by atoms with Crippen LogP contribution in [-0.2, 0) is 23.3 Å². The van der Waals surface area contributed by atoms with E-state index in [0.29, 0.717) is 0 Å². The SMILES string of the molecule is CC(C)(C)[NH-].CCO.C[Si](C)(C)O.Cl.Cl.[C-]1=CC=CC1.[CH3-].[SiH2]=[Zr]. The molecule has 0 radical (unpaired) electrons. The van der Waals surface area contributed by atoms with E-state index in [1.807, 2.05) is 59.4 Å². The second-order valence-electron chi connectivity index (χ2n) is 5.74. The van der Waals surface area contributed by atoms with Crippen molar-refractivity contribution >= 4 is 40.0 Å². The van der Waals surface area contributed by atoms with Crippen molar-refractivity contribution in [3.63, 3.8) is 0 Å². The third-order valence-electron chi connectivity index (χ3n) is 0.586. The van der Waals surface area contributed by atoms with Crippen molar-refractivity contribution in [1.82, 2.24) is 0 Å². The molecule has 0 aliphatic heterocycles. The van der Waals surface area contributed by atoms with Gasteiger partial charge in [-0.2, -0.15) is 6.08 Å². The van der Waals surface area contributed by atoms with Crippen molar-refractivity contribution in [2.75, 3.05) is 6.61 Å². The third-order valence-corrected chi connectivity index (χ3v) is 0.586. The van der Waals surface area contributed by atoms with Crippen LogP contribution < -0.4 is 0 Å². The van der Waals surface area contributed by atoms with Gasteiger partial charge in [-0.15, -0.1) is 36.8 Å². The first kappa shape index (κ1) is 44.1. The number of rotatable bonds is 0. The molecule has 8 heteroatoms. The van der Waals surface area contributed by atoms with Gasteiger partial charge in [0.05, 0.1) is 0 Å². The van der Waals surface area contributed by atoms with Crippen LogP contribution in [0.3, 0.4) is 0 Å². The summed E-state index contributed by atoms with van der Waals surface area (Å²) in [5.74, 6) is 0. The van der Waals surface area contributed by atoms with Crippen LogP contribution >= 0.6 is 24.8 Å². The zero-order valence-electron chi connectivity index (χ0n) is 16.1. The van der Waals surface area contributed by atoms with E-state index in [2.05, 4.69) is 12.2 Å². The van der Waals surface area contributed by atoms with Crippen molar-refractivity contribution in [2.45, 2.75) is 59.3 Å². The molecule has 3 nitrogen and oxygen atoms in total. The summed E-state index contributed by atoms with van der Waals surface area (Å²) in [6, 6.07) is 0. The van der Waals surface area contributed by atoms with E-state index in [9.17, 15) is 0 Å². The Balaban J connectivity index is -0.0000000278. The molecular weight excluding hydrogens is 444 g/mol. The van der Waals surface area contributed by atoms with E-state index >= 15 is 0 Å². The molecule has 0 aromatic rings. The van der Waals surface area contributed by atoms with Crippen molar-refractivity contribution in [3.05, 3.63) is 37.5 Å². The molecule has 0 aromatic carbocycles. The monoisotopic (exact) mass is 480 g/mol. The van der Waals surface area contributed by atoms with Gasteiger partial charge < -0.3 is 23.1 Å². The molecule has 0 bridgehead atoms. The fraction of sp³-hybridized carbons (Fsp3) is 0.667. The Labute approximate surface area is 175 Å². The number of hydrogen-bond acceptors (Lipinski definition) is 2. The fourth-order valence-electron chi connectivity index (χ4n) is 0.340. The summed E-state index contributed by atoms with van der Waals surface area (Å²) in [6.45, 7) is 15.1. The van der Waals surface area contributed by atoms with Crippen LogP contribution in [0.2, 0.25) is 19.6 Å². The van der Waals surface area contributed by atoms with Crippen LogP contribution in [-0.4, -0.2) is 37.2 Å². The van der Waals surface area contributed by atoms with Gasteiger partial charge in [-0.25, -0.2) is 12.2 Å². The van der Waals surface area contributed by atoms with Gasteiger partial charge in [-0.1, -0.05) is 20.8 Å². The first-order valence-corrected chi connectivity index (χ1v) is 15.9. The molecule has 0 aromatic heterocycles. The maximum absolute atomic E-state index is 8.66. The molecule has 1 rings (SSSR count). The molecule has 1 aliphatic carbocycles. The average Bonchev–Trinajstić information content (AvgIpc) is 2.73. The molecule has 3 N–H and O–H groups in total. The van der Waals surface area contributed by atoms with Crippen LogP contribution in [0.5, 0.6) is 0 Å². The summed E-state index contributed by atoms with van der Waals surface area (Å²) < 4.78 is 0. The molecule has 144 valence electrons. The van der Waals surface area contributed by atoms with Crippen LogP contribution in [0.1, 0.15) is 34.1 Å². The number of nitrogens with one attached hydrogen (secondary N) is 1. The summed E-state index contributed by atoms with van der Waals surface area (Å²) in [5.41, 5.74) is 6.69. The summed E-state index contributed by atoms with van der Waals surface area (Å²) in [5, 5.41) is 7.57. The Bertz CT molecular complexity index is 211. The van der Waals surface area contributed by atoms with Gasteiger partial charge in [-0.05, 0) is 26.6 Å². The Kier molecular flexibility index (Phi) is 59.5. The molecule has 0 heterocycles. The summed E-state index contributed by atoms with van der Waals surface area (Å²) in [6.07, 6.45) is 10.0. The molecule has 0 unspecified atom stereocenters. The first-order valence-electron chi connectivity index (χ1n) is 6.57. The molecule has 1 aliphatic rings. The van der Waals surface area contributed by atoms with Gasteiger partial charge in [0.2, 0.25) is 0 Å². The van der Waals surface area contributed by atoms with Crippen LogP contribution in [0.4, 0.5) is 0 Å². The van der Waals surface area contributed by atoms with Gasteiger partial charge in [0.1, 0.15) is 0 Å². The van der Waals surface area contributed by atoms with Gasteiger partial charge in [0.15, 0.2) is 8.32 Å². The molecule has 23 heavy (non-hydrogen) atoms. The van der Waals surface area contributed by atoms with E-state index < -0.39 is 8.32 Å². The van der Waals surface area contributed by atoms with Gasteiger partial charge in [-0.3, -0.25) is 6.08 Å². The van der Waals surface area contributed by atoms with Gasteiger partial charge in [0, 0.05) is 6.61 Å². The van der Waals surface area contributed by atoms with Gasteiger partial charge >= 0.3 is 30.2 Å². The Hall–Kier alpha value is 1.26. The molecule has 0 atom stereocenters. The van der Waals surface area contributed by atoms with Crippen molar-refractivity contribution < 1.29 is 33.2 Å². The zero-order chi connectivity index (χ0) is 17.2. The third kappa shape index (κ3) is 268. The van der Waals surface area contributed by atoms with Crippen molar-refractivity contribution in [1.29, 1.82) is 0 Å². The topological polar surface area (TPSA) is 64.3 Å². The van der Waals surface area contributed by atoms with E-state index in [4.69, 9.17) is 15.6 Å². The van der Waals surface area contributed by atoms with E-state index in [-0.39, 0.29) is 44.4 Å². The maximum atomic E-state index is 8.66. The first-order chi connectivity index (χ1) is 8.91. The predicted octanol–water partition coefficient (Wildman–Crippen LogP) is 4.33. The normalized spacial score (nSPS) is 9.96. The number of aliphatic hydroxyl groups excluding tert-OH is 1. The van der Waals surface area contributed by atoms with Gasteiger partial charge in [0.25, 0.3) is 0 Å². The molecule has 0 spiro atoms.